The van der Waals surface area contributed by atoms with Crippen LogP contribution in [0, 0.1) is 11.8 Å². The van der Waals surface area contributed by atoms with E-state index in [9.17, 15) is 4.79 Å². The lowest BCUT2D eigenvalue weighted by Gasteiger charge is -2.14. The van der Waals surface area contributed by atoms with E-state index in [-0.39, 0.29) is 5.91 Å². The van der Waals surface area contributed by atoms with E-state index in [1.165, 1.54) is 0 Å². The van der Waals surface area contributed by atoms with Crippen molar-refractivity contribution in [2.24, 2.45) is 0 Å². The number of hydrogen-bond donors (Lipinski definition) is 1. The highest BCUT2D eigenvalue weighted by atomic mass is 79.9. The van der Waals surface area contributed by atoms with E-state index >= 15 is 0 Å². The summed E-state index contributed by atoms with van der Waals surface area (Å²) in [6.07, 6.45) is 1.76. The van der Waals surface area contributed by atoms with E-state index in [1.807, 2.05) is 11.9 Å². The largest absolute Gasteiger partial charge is 0.349 e. The Labute approximate surface area is 146 Å². The minimum Gasteiger partial charge on any atom is -0.349 e. The third kappa shape index (κ3) is 5.34. The van der Waals surface area contributed by atoms with Crippen LogP contribution in [0.4, 0.5) is 5.13 Å². The minimum absolute atomic E-state index is 0.311. The Bertz CT molecular complexity index is 723. The Morgan fingerprint density at radius 3 is 3.05 bits per heavy atom. The second kappa shape index (κ2) is 8.18. The Morgan fingerprint density at radius 2 is 2.36 bits per heavy atom. The number of anilines is 1. The fourth-order valence-corrected chi connectivity index (χ4v) is 2.95. The first kappa shape index (κ1) is 16.8. The smallest absolute Gasteiger partial charge is 0.296 e. The molecule has 4 nitrogen and oxygen atoms in total. The van der Waals surface area contributed by atoms with Crippen molar-refractivity contribution < 1.29 is 4.79 Å². The molecule has 114 valence electrons. The molecule has 0 spiro atoms. The van der Waals surface area contributed by atoms with E-state index in [0.717, 1.165) is 8.92 Å². The Kier molecular flexibility index (Phi) is 6.25. The molecule has 0 unspecified atom stereocenters. The topological polar surface area (TPSA) is 45.2 Å². The molecule has 0 atom stereocenters. The Morgan fingerprint density at radius 1 is 1.55 bits per heavy atom. The van der Waals surface area contributed by atoms with Crippen molar-refractivity contribution in [1.29, 1.82) is 0 Å². The van der Waals surface area contributed by atoms with Gasteiger partial charge in [-0.05, 0) is 34.1 Å². The van der Waals surface area contributed by atoms with Gasteiger partial charge in [0, 0.05) is 36.6 Å². The van der Waals surface area contributed by atoms with E-state index in [0.29, 0.717) is 23.7 Å². The van der Waals surface area contributed by atoms with E-state index < -0.39 is 0 Å². The highest BCUT2D eigenvalue weighted by Crippen LogP contribution is 2.25. The SMILES string of the molecule is CN(CCNC(=O)C#Cc1cccc(Cl)c1)c1ncc(Br)s1. The number of halogens is 2. The van der Waals surface area contributed by atoms with Crippen LogP contribution in [0.25, 0.3) is 0 Å². The normalized spacial score (nSPS) is 9.77. The van der Waals surface area contributed by atoms with Gasteiger partial charge in [0.15, 0.2) is 5.13 Å². The lowest BCUT2D eigenvalue weighted by atomic mass is 10.2. The molecule has 0 saturated heterocycles. The molecule has 0 saturated carbocycles. The summed E-state index contributed by atoms with van der Waals surface area (Å²) in [6, 6.07) is 7.08. The molecule has 0 aliphatic rings. The predicted molar refractivity (Wildman–Crippen MR) is 94.4 cm³/mol. The number of hydrogen-bond acceptors (Lipinski definition) is 4. The van der Waals surface area contributed by atoms with Crippen LogP contribution in [0.5, 0.6) is 0 Å². The number of carbonyl (C=O) groups is 1. The first-order valence-electron chi connectivity index (χ1n) is 6.42. The van der Waals surface area contributed by atoms with E-state index in [2.05, 4.69) is 38.1 Å². The molecule has 0 aliphatic heterocycles. The van der Waals surface area contributed by atoms with E-state index in [4.69, 9.17) is 11.6 Å². The van der Waals surface area contributed by atoms with Crippen LogP contribution in [-0.2, 0) is 4.79 Å². The molecular formula is C15H13BrClN3OS. The first-order chi connectivity index (χ1) is 10.5. The van der Waals surface area contributed by atoms with Crippen molar-refractivity contribution in [3.63, 3.8) is 0 Å². The fraction of sp³-hybridized carbons (Fsp3) is 0.200. The van der Waals surface area contributed by atoms with Crippen molar-refractivity contribution >= 4 is 49.9 Å². The van der Waals surface area contributed by atoms with Crippen LogP contribution < -0.4 is 10.2 Å². The molecule has 0 radical (unpaired) electrons. The summed E-state index contributed by atoms with van der Waals surface area (Å²) in [5.41, 5.74) is 0.715. The second-order valence-electron chi connectivity index (χ2n) is 4.38. The van der Waals surface area contributed by atoms with Crippen molar-refractivity contribution in [2.45, 2.75) is 0 Å². The summed E-state index contributed by atoms with van der Waals surface area (Å²) in [7, 11) is 1.93. The molecule has 1 aromatic heterocycles. The summed E-state index contributed by atoms with van der Waals surface area (Å²) in [5, 5.41) is 4.25. The number of thiazole rings is 1. The highest BCUT2D eigenvalue weighted by molar-refractivity contribution is 9.11. The zero-order chi connectivity index (χ0) is 15.9. The summed E-state index contributed by atoms with van der Waals surface area (Å²) < 4.78 is 0.978. The van der Waals surface area contributed by atoms with Crippen LogP contribution in [0.1, 0.15) is 5.56 Å². The summed E-state index contributed by atoms with van der Waals surface area (Å²) in [5.74, 6) is 5.02. The third-order valence-electron chi connectivity index (χ3n) is 2.67. The van der Waals surface area contributed by atoms with Gasteiger partial charge in [-0.15, -0.1) is 0 Å². The van der Waals surface area contributed by atoms with Crippen molar-refractivity contribution in [3.8, 4) is 11.8 Å². The molecule has 1 N–H and O–H groups in total. The second-order valence-corrected chi connectivity index (χ2v) is 7.21. The molecule has 1 heterocycles. The van der Waals surface area contributed by atoms with Crippen LogP contribution in [0.2, 0.25) is 5.02 Å². The van der Waals surface area contributed by atoms with Crippen LogP contribution >= 0.6 is 38.9 Å². The maximum atomic E-state index is 11.7. The fourth-order valence-electron chi connectivity index (χ4n) is 1.59. The van der Waals surface area contributed by atoms with Gasteiger partial charge in [0.05, 0.1) is 9.98 Å². The minimum atomic E-state index is -0.311. The Balaban J connectivity index is 1.79. The number of carbonyl (C=O) groups excluding carboxylic acids is 1. The van der Waals surface area contributed by atoms with Gasteiger partial charge in [0.2, 0.25) is 0 Å². The summed E-state index contributed by atoms with van der Waals surface area (Å²) >= 11 is 10.8. The molecular weight excluding hydrogens is 386 g/mol. The molecule has 1 amide bonds. The van der Waals surface area contributed by atoms with E-state index in [1.54, 1.807) is 41.8 Å². The van der Waals surface area contributed by atoms with Crippen molar-refractivity contribution in [1.82, 2.24) is 10.3 Å². The molecule has 0 aliphatic carbocycles. The molecule has 0 bridgehead atoms. The lowest BCUT2D eigenvalue weighted by molar-refractivity contribution is -0.115. The summed E-state index contributed by atoms with van der Waals surface area (Å²) in [4.78, 5) is 17.9. The van der Waals surface area contributed by atoms with Crippen LogP contribution in [0.15, 0.2) is 34.2 Å². The monoisotopic (exact) mass is 397 g/mol. The van der Waals surface area contributed by atoms with Gasteiger partial charge in [-0.3, -0.25) is 4.79 Å². The summed E-state index contributed by atoms with van der Waals surface area (Å²) in [6.45, 7) is 1.15. The number of likely N-dealkylation sites (N-methyl/N-ethyl adjacent to an activating group) is 1. The van der Waals surface area contributed by atoms with Gasteiger partial charge >= 0.3 is 0 Å². The van der Waals surface area contributed by atoms with Crippen LogP contribution in [0.3, 0.4) is 0 Å². The zero-order valence-electron chi connectivity index (χ0n) is 11.8. The van der Waals surface area contributed by atoms with Crippen LogP contribution in [-0.4, -0.2) is 31.0 Å². The van der Waals surface area contributed by atoms with Gasteiger partial charge in [0.25, 0.3) is 5.91 Å². The standard InChI is InChI=1S/C15H13BrClN3OS/c1-20(15-19-10-13(16)22-15)8-7-18-14(21)6-5-11-3-2-4-12(17)9-11/h2-4,9-10H,7-8H2,1H3,(H,18,21). The molecule has 2 rings (SSSR count). The number of aromatic nitrogens is 1. The van der Waals surface area contributed by atoms with Gasteiger partial charge in [-0.25, -0.2) is 4.98 Å². The average molecular weight is 399 g/mol. The number of benzene rings is 1. The Hall–Kier alpha value is -1.55. The average Bonchev–Trinajstić information content (AvgIpc) is 2.92. The van der Waals surface area contributed by atoms with Gasteiger partial charge < -0.3 is 10.2 Å². The maximum absolute atomic E-state index is 11.7. The molecule has 7 heteroatoms. The number of nitrogens with zero attached hydrogens (tertiary/aromatic N) is 2. The predicted octanol–water partition coefficient (Wildman–Crippen LogP) is 3.16. The maximum Gasteiger partial charge on any atom is 0.296 e. The first-order valence-corrected chi connectivity index (χ1v) is 8.41. The lowest BCUT2D eigenvalue weighted by Crippen LogP contribution is -2.32. The third-order valence-corrected chi connectivity index (χ3v) is 4.50. The van der Waals surface area contributed by atoms with Gasteiger partial charge in [0.1, 0.15) is 0 Å². The highest BCUT2D eigenvalue weighted by Gasteiger charge is 2.05. The molecule has 0 fully saturated rings. The van der Waals surface area contributed by atoms with Crippen molar-refractivity contribution in [2.75, 3.05) is 25.0 Å². The number of nitrogens with one attached hydrogen (secondary N) is 1. The molecule has 22 heavy (non-hydrogen) atoms. The number of amides is 1. The molecule has 1 aromatic carbocycles. The molecule has 2 aromatic rings. The van der Waals surface area contributed by atoms with Gasteiger partial charge in [-0.1, -0.05) is 34.9 Å². The number of rotatable bonds is 4. The van der Waals surface area contributed by atoms with Crippen molar-refractivity contribution in [3.05, 3.63) is 44.8 Å². The quantitative estimate of drug-likeness (QED) is 0.805. The van der Waals surface area contributed by atoms with Gasteiger partial charge in [-0.2, -0.15) is 0 Å². The zero-order valence-corrected chi connectivity index (χ0v) is 14.9.